The van der Waals surface area contributed by atoms with Gasteiger partial charge in [-0.05, 0) is 42.3 Å². The van der Waals surface area contributed by atoms with E-state index in [4.69, 9.17) is 0 Å². The topological polar surface area (TPSA) is 3.24 Å². The first-order valence-corrected chi connectivity index (χ1v) is 9.02. The van der Waals surface area contributed by atoms with Gasteiger partial charge in [-0.15, -0.1) is 0 Å². The van der Waals surface area contributed by atoms with Gasteiger partial charge >= 0.3 is 0 Å². The number of alkyl halides is 1. The van der Waals surface area contributed by atoms with Gasteiger partial charge in [0.25, 0.3) is 0 Å². The van der Waals surface area contributed by atoms with Gasteiger partial charge in [-0.1, -0.05) is 67.4 Å². The Hall–Kier alpha value is -0.340. The molecule has 0 amide bonds. The van der Waals surface area contributed by atoms with Crippen molar-refractivity contribution in [2.45, 2.75) is 64.5 Å². The molecule has 1 aromatic rings. The first kappa shape index (κ1) is 16.0. The molecule has 1 saturated carbocycles. The second kappa shape index (κ2) is 7.09. The van der Waals surface area contributed by atoms with Crippen LogP contribution in [0.3, 0.4) is 0 Å². The molecule has 112 valence electrons. The van der Waals surface area contributed by atoms with Crippen LogP contribution in [0, 0.1) is 0 Å². The van der Waals surface area contributed by atoms with Gasteiger partial charge < -0.3 is 0 Å². The summed E-state index contributed by atoms with van der Waals surface area (Å²) in [6.07, 6.45) is 5.44. The molecule has 0 aromatic heterocycles. The minimum absolute atomic E-state index is 0.252. The maximum atomic E-state index is 3.56. The SMILES string of the molecule is CC(C)(C)c1ccc(CN(CCCBr)C2CCC2)cc1. The lowest BCUT2D eigenvalue weighted by atomic mass is 9.86. The number of halogens is 1. The lowest BCUT2D eigenvalue weighted by molar-refractivity contribution is 0.120. The molecule has 0 atom stereocenters. The molecule has 0 spiro atoms. The normalized spacial score (nSPS) is 16.4. The Labute approximate surface area is 132 Å². The summed E-state index contributed by atoms with van der Waals surface area (Å²) in [6, 6.07) is 10.1. The van der Waals surface area contributed by atoms with E-state index in [1.54, 1.807) is 0 Å². The van der Waals surface area contributed by atoms with E-state index in [0.29, 0.717) is 0 Å². The summed E-state index contributed by atoms with van der Waals surface area (Å²) in [5, 5.41) is 1.11. The first-order chi connectivity index (χ1) is 9.50. The Morgan fingerprint density at radius 2 is 1.80 bits per heavy atom. The van der Waals surface area contributed by atoms with Gasteiger partial charge in [0.05, 0.1) is 0 Å². The Balaban J connectivity index is 1.98. The molecule has 2 heteroatoms. The molecule has 20 heavy (non-hydrogen) atoms. The zero-order chi connectivity index (χ0) is 14.6. The third kappa shape index (κ3) is 4.33. The molecule has 0 heterocycles. The third-order valence-corrected chi connectivity index (χ3v) is 4.94. The van der Waals surface area contributed by atoms with Gasteiger partial charge in [-0.25, -0.2) is 0 Å². The maximum absolute atomic E-state index is 3.56. The van der Waals surface area contributed by atoms with Gasteiger partial charge in [-0.3, -0.25) is 4.90 Å². The Bertz CT molecular complexity index is 400. The highest BCUT2D eigenvalue weighted by molar-refractivity contribution is 9.09. The van der Waals surface area contributed by atoms with Crippen molar-refractivity contribution in [2.75, 3.05) is 11.9 Å². The van der Waals surface area contributed by atoms with Crippen LogP contribution in [0.5, 0.6) is 0 Å². The summed E-state index contributed by atoms with van der Waals surface area (Å²) >= 11 is 3.56. The lowest BCUT2D eigenvalue weighted by Crippen LogP contribution is -2.40. The number of hydrogen-bond acceptors (Lipinski definition) is 1. The summed E-state index contributed by atoms with van der Waals surface area (Å²) in [5.41, 5.74) is 3.14. The van der Waals surface area contributed by atoms with Crippen LogP contribution in [0.25, 0.3) is 0 Å². The Kier molecular flexibility index (Phi) is 5.68. The standard InChI is InChI=1S/C18H28BrN/c1-18(2,3)16-10-8-15(9-11-16)14-20(13-5-12-19)17-6-4-7-17/h8-11,17H,4-7,12-14H2,1-3H3. The van der Waals surface area contributed by atoms with Crippen LogP contribution < -0.4 is 0 Å². The molecule has 1 fully saturated rings. The van der Waals surface area contributed by atoms with Crippen LogP contribution in [0.15, 0.2) is 24.3 Å². The van der Waals surface area contributed by atoms with Crippen LogP contribution in [0.4, 0.5) is 0 Å². The predicted molar refractivity (Wildman–Crippen MR) is 91.6 cm³/mol. The van der Waals surface area contributed by atoms with Gasteiger partial charge in [0, 0.05) is 17.9 Å². The van der Waals surface area contributed by atoms with Crippen molar-refractivity contribution in [2.24, 2.45) is 0 Å². The first-order valence-electron chi connectivity index (χ1n) is 7.90. The third-order valence-electron chi connectivity index (χ3n) is 4.38. The zero-order valence-electron chi connectivity index (χ0n) is 13.2. The zero-order valence-corrected chi connectivity index (χ0v) is 14.7. The maximum Gasteiger partial charge on any atom is 0.0236 e. The number of hydrogen-bond donors (Lipinski definition) is 0. The highest BCUT2D eigenvalue weighted by Crippen LogP contribution is 2.27. The van der Waals surface area contributed by atoms with Crippen molar-refractivity contribution < 1.29 is 0 Å². The molecule has 0 unspecified atom stereocenters. The molecule has 2 rings (SSSR count). The van der Waals surface area contributed by atoms with Crippen molar-refractivity contribution >= 4 is 15.9 Å². The quantitative estimate of drug-likeness (QED) is 0.651. The van der Waals surface area contributed by atoms with E-state index in [0.717, 1.165) is 17.9 Å². The Morgan fingerprint density at radius 3 is 2.25 bits per heavy atom. The van der Waals surface area contributed by atoms with Crippen LogP contribution in [0.1, 0.15) is 57.6 Å². The fourth-order valence-electron chi connectivity index (χ4n) is 2.75. The largest absolute Gasteiger partial charge is 0.296 e. The second-order valence-corrected chi connectivity index (χ2v) is 7.84. The highest BCUT2D eigenvalue weighted by Gasteiger charge is 2.24. The van der Waals surface area contributed by atoms with Crippen LogP contribution in [0.2, 0.25) is 0 Å². The average molecular weight is 338 g/mol. The van der Waals surface area contributed by atoms with Gasteiger partial charge in [0.15, 0.2) is 0 Å². The lowest BCUT2D eigenvalue weighted by Gasteiger charge is -2.37. The monoisotopic (exact) mass is 337 g/mol. The van der Waals surface area contributed by atoms with Crippen molar-refractivity contribution in [3.05, 3.63) is 35.4 Å². The van der Waals surface area contributed by atoms with E-state index in [2.05, 4.69) is 65.9 Å². The number of benzene rings is 1. The van der Waals surface area contributed by atoms with Gasteiger partial charge in [0.2, 0.25) is 0 Å². The number of rotatable bonds is 6. The predicted octanol–water partition coefficient (Wildman–Crippen LogP) is 5.12. The molecule has 1 aliphatic rings. The van der Waals surface area contributed by atoms with E-state index in [9.17, 15) is 0 Å². The molecule has 1 aliphatic carbocycles. The molecular weight excluding hydrogens is 310 g/mol. The van der Waals surface area contributed by atoms with Crippen LogP contribution >= 0.6 is 15.9 Å². The summed E-state index contributed by atoms with van der Waals surface area (Å²) in [7, 11) is 0. The van der Waals surface area contributed by atoms with Gasteiger partial charge in [0.1, 0.15) is 0 Å². The smallest absolute Gasteiger partial charge is 0.0236 e. The average Bonchev–Trinajstić information content (AvgIpc) is 2.33. The molecule has 0 bridgehead atoms. The molecule has 1 nitrogen and oxygen atoms in total. The molecule has 1 aromatic carbocycles. The minimum atomic E-state index is 0.252. The molecule has 0 aliphatic heterocycles. The van der Waals surface area contributed by atoms with E-state index < -0.39 is 0 Å². The van der Waals surface area contributed by atoms with Crippen molar-refractivity contribution in [3.63, 3.8) is 0 Å². The minimum Gasteiger partial charge on any atom is -0.296 e. The number of nitrogens with zero attached hydrogens (tertiary/aromatic N) is 1. The fraction of sp³-hybridized carbons (Fsp3) is 0.667. The molecule has 0 saturated heterocycles. The van der Waals surface area contributed by atoms with E-state index >= 15 is 0 Å². The summed E-state index contributed by atoms with van der Waals surface area (Å²) < 4.78 is 0. The van der Waals surface area contributed by atoms with Crippen molar-refractivity contribution in [3.8, 4) is 0 Å². The highest BCUT2D eigenvalue weighted by atomic mass is 79.9. The van der Waals surface area contributed by atoms with E-state index in [-0.39, 0.29) is 5.41 Å². The summed E-state index contributed by atoms with van der Waals surface area (Å²) in [6.45, 7) is 9.16. The van der Waals surface area contributed by atoms with Crippen molar-refractivity contribution in [1.29, 1.82) is 0 Å². The van der Waals surface area contributed by atoms with E-state index in [1.165, 1.54) is 43.4 Å². The molecular formula is C18H28BrN. The van der Waals surface area contributed by atoms with Crippen LogP contribution in [-0.4, -0.2) is 22.8 Å². The second-order valence-electron chi connectivity index (χ2n) is 7.04. The van der Waals surface area contributed by atoms with Crippen LogP contribution in [-0.2, 0) is 12.0 Å². The fourth-order valence-corrected chi connectivity index (χ4v) is 3.00. The Morgan fingerprint density at radius 1 is 1.15 bits per heavy atom. The van der Waals surface area contributed by atoms with Crippen molar-refractivity contribution in [1.82, 2.24) is 4.90 Å². The summed E-state index contributed by atoms with van der Waals surface area (Å²) in [4.78, 5) is 2.68. The van der Waals surface area contributed by atoms with Gasteiger partial charge in [-0.2, -0.15) is 0 Å². The molecule has 0 radical (unpaired) electrons. The van der Waals surface area contributed by atoms with E-state index in [1.807, 2.05) is 0 Å². The summed E-state index contributed by atoms with van der Waals surface area (Å²) in [5.74, 6) is 0. The molecule has 0 N–H and O–H groups in total.